The van der Waals surface area contributed by atoms with E-state index < -0.39 is 22.8 Å². The van der Waals surface area contributed by atoms with Crippen LogP contribution in [-0.4, -0.2) is 49.5 Å². The van der Waals surface area contributed by atoms with Crippen molar-refractivity contribution in [1.29, 1.82) is 0 Å². The number of thioether (sulfide) groups is 1. The summed E-state index contributed by atoms with van der Waals surface area (Å²) in [7, 11) is 0. The van der Waals surface area contributed by atoms with Gasteiger partial charge >= 0.3 is 11.8 Å². The van der Waals surface area contributed by atoms with Crippen molar-refractivity contribution in [3.63, 3.8) is 0 Å². The molecule has 1 aliphatic rings. The van der Waals surface area contributed by atoms with Crippen LogP contribution in [0.15, 0.2) is 12.1 Å². The first-order valence-electron chi connectivity index (χ1n) is 4.95. The number of H-pyrrole nitrogens is 1. The van der Waals surface area contributed by atoms with Crippen molar-refractivity contribution in [3.8, 4) is 0 Å². The number of hydrogen-bond donors (Lipinski definition) is 2. The Hall–Kier alpha value is -2.03. The van der Waals surface area contributed by atoms with Crippen molar-refractivity contribution < 1.29 is 19.6 Å². The van der Waals surface area contributed by atoms with Crippen LogP contribution in [0.5, 0.6) is 0 Å². The van der Waals surface area contributed by atoms with Gasteiger partial charge in [-0.25, -0.2) is 9.78 Å². The van der Waals surface area contributed by atoms with Crippen LogP contribution in [0.25, 0.3) is 0 Å². The Balaban J connectivity index is 2.20. The monoisotopic (exact) mass is 271 g/mol. The summed E-state index contributed by atoms with van der Waals surface area (Å²) in [5.74, 6) is -1.32. The molecular weight excluding hydrogens is 262 g/mol. The zero-order valence-corrected chi connectivity index (χ0v) is 9.85. The Labute approximate surface area is 105 Å². The van der Waals surface area contributed by atoms with Gasteiger partial charge in [0.15, 0.2) is 5.69 Å². The van der Waals surface area contributed by atoms with Gasteiger partial charge in [0.1, 0.15) is 6.04 Å². The van der Waals surface area contributed by atoms with E-state index in [2.05, 4.69) is 4.98 Å². The summed E-state index contributed by atoms with van der Waals surface area (Å²) in [5, 5.41) is 19.4. The molecule has 1 amide bonds. The molecule has 9 heteroatoms. The predicted octanol–water partition coefficient (Wildman–Crippen LogP) is 0.523. The van der Waals surface area contributed by atoms with Gasteiger partial charge in [-0.3, -0.25) is 4.79 Å². The maximum Gasteiger partial charge on any atom is 0.327 e. The van der Waals surface area contributed by atoms with Gasteiger partial charge in [-0.1, -0.05) is 0 Å². The Kier molecular flexibility index (Phi) is 3.24. The number of carboxylic acids is 1. The molecule has 1 fully saturated rings. The normalized spacial score (nSPS) is 18.9. The van der Waals surface area contributed by atoms with Crippen molar-refractivity contribution in [2.24, 2.45) is 0 Å². The van der Waals surface area contributed by atoms with E-state index >= 15 is 0 Å². The van der Waals surface area contributed by atoms with Gasteiger partial charge in [-0.2, -0.15) is 0 Å². The maximum absolute atomic E-state index is 12.0. The van der Waals surface area contributed by atoms with Crippen LogP contribution >= 0.6 is 11.8 Å². The van der Waals surface area contributed by atoms with Gasteiger partial charge in [0.2, 0.25) is 0 Å². The van der Waals surface area contributed by atoms with Crippen LogP contribution in [0.4, 0.5) is 5.82 Å². The number of aromatic amines is 1. The molecule has 18 heavy (non-hydrogen) atoms. The van der Waals surface area contributed by atoms with Crippen molar-refractivity contribution in [3.05, 3.63) is 27.9 Å². The molecule has 1 aliphatic heterocycles. The van der Waals surface area contributed by atoms with E-state index in [1.165, 1.54) is 28.8 Å². The molecule has 1 atom stereocenters. The number of carboxylic acid groups (broad SMARTS) is 1. The lowest BCUT2D eigenvalue weighted by Crippen LogP contribution is -2.41. The van der Waals surface area contributed by atoms with Gasteiger partial charge in [-0.05, 0) is 11.0 Å². The Morgan fingerprint density at radius 3 is 2.83 bits per heavy atom. The number of nitro groups is 1. The molecule has 2 rings (SSSR count). The molecule has 0 radical (unpaired) electrons. The molecule has 8 nitrogen and oxygen atoms in total. The number of carbonyl (C=O) groups excluding carboxylic acids is 1. The molecule has 2 N–H and O–H groups in total. The van der Waals surface area contributed by atoms with Crippen molar-refractivity contribution >= 4 is 29.5 Å². The Morgan fingerprint density at radius 2 is 2.28 bits per heavy atom. The van der Waals surface area contributed by atoms with Gasteiger partial charge in [-0.15, -0.1) is 11.8 Å². The second-order valence-electron chi connectivity index (χ2n) is 3.64. The minimum atomic E-state index is -1.07. The van der Waals surface area contributed by atoms with Gasteiger partial charge in [0.25, 0.3) is 5.91 Å². The predicted molar refractivity (Wildman–Crippen MR) is 62.4 cm³/mol. The number of amides is 1. The first kappa shape index (κ1) is 12.4. The number of aliphatic carboxylic acids is 1. The third kappa shape index (κ3) is 2.16. The average molecular weight is 271 g/mol. The highest BCUT2D eigenvalue weighted by Gasteiger charge is 2.36. The number of aromatic nitrogens is 1. The number of nitrogens with zero attached hydrogens (tertiary/aromatic N) is 2. The van der Waals surface area contributed by atoms with E-state index in [4.69, 9.17) is 5.11 Å². The Morgan fingerprint density at radius 1 is 1.56 bits per heavy atom. The summed E-state index contributed by atoms with van der Waals surface area (Å²) in [5.41, 5.74) is 0.0236. The molecule has 0 bridgehead atoms. The summed E-state index contributed by atoms with van der Waals surface area (Å²) >= 11 is 1.33. The van der Waals surface area contributed by atoms with E-state index in [1.54, 1.807) is 0 Å². The lowest BCUT2D eigenvalue weighted by atomic mass is 10.2. The summed E-state index contributed by atoms with van der Waals surface area (Å²) in [6.45, 7) is 0. The lowest BCUT2D eigenvalue weighted by molar-refractivity contribution is -0.389. The van der Waals surface area contributed by atoms with Crippen molar-refractivity contribution in [2.45, 2.75) is 6.04 Å². The smallest absolute Gasteiger partial charge is 0.327 e. The summed E-state index contributed by atoms with van der Waals surface area (Å²) < 4.78 is 0. The van der Waals surface area contributed by atoms with E-state index in [9.17, 15) is 19.7 Å². The summed E-state index contributed by atoms with van der Waals surface area (Å²) in [4.78, 5) is 36.3. The molecule has 0 unspecified atom stereocenters. The van der Waals surface area contributed by atoms with Crippen molar-refractivity contribution in [1.82, 2.24) is 9.88 Å². The van der Waals surface area contributed by atoms with Gasteiger partial charge in [0, 0.05) is 11.8 Å². The maximum atomic E-state index is 12.0. The molecule has 0 aliphatic carbocycles. The van der Waals surface area contributed by atoms with Crippen LogP contribution in [0, 0.1) is 10.1 Å². The number of carbonyl (C=O) groups is 2. The lowest BCUT2D eigenvalue weighted by Gasteiger charge is -2.18. The summed E-state index contributed by atoms with van der Waals surface area (Å²) in [6, 6.07) is 1.57. The summed E-state index contributed by atoms with van der Waals surface area (Å²) in [6.07, 6.45) is 0. The van der Waals surface area contributed by atoms with Crippen molar-refractivity contribution in [2.75, 3.05) is 11.6 Å². The fraction of sp³-hybridized carbons (Fsp3) is 0.333. The van der Waals surface area contributed by atoms with Gasteiger partial charge < -0.3 is 20.1 Å². The fourth-order valence-electron chi connectivity index (χ4n) is 1.62. The van der Waals surface area contributed by atoms with Crippen LogP contribution in [0.1, 0.15) is 10.5 Å². The first-order valence-corrected chi connectivity index (χ1v) is 6.11. The number of hydrogen-bond acceptors (Lipinski definition) is 5. The minimum Gasteiger partial charge on any atom is -0.480 e. The fourth-order valence-corrected chi connectivity index (χ4v) is 2.76. The second kappa shape index (κ2) is 4.69. The molecule has 1 saturated heterocycles. The SMILES string of the molecule is O=C(O)[C@@H]1CSCN1C(=O)c1ccc([N+](=O)[O-])[nH]1. The largest absolute Gasteiger partial charge is 0.480 e. The number of rotatable bonds is 3. The third-order valence-corrected chi connectivity index (χ3v) is 3.54. The van der Waals surface area contributed by atoms with E-state index in [-0.39, 0.29) is 17.4 Å². The van der Waals surface area contributed by atoms with E-state index in [1.807, 2.05) is 0 Å². The highest BCUT2D eigenvalue weighted by atomic mass is 32.2. The Bertz CT molecular complexity index is 514. The third-order valence-electron chi connectivity index (χ3n) is 2.53. The molecule has 0 saturated carbocycles. The topological polar surface area (TPSA) is 117 Å². The molecule has 2 heterocycles. The first-order chi connectivity index (χ1) is 8.50. The minimum absolute atomic E-state index is 0.0236. The second-order valence-corrected chi connectivity index (χ2v) is 4.64. The quantitative estimate of drug-likeness (QED) is 0.611. The number of nitrogens with one attached hydrogen (secondary N) is 1. The van der Waals surface area contributed by atoms with Crippen LogP contribution in [-0.2, 0) is 4.79 Å². The molecule has 0 spiro atoms. The van der Waals surface area contributed by atoms with E-state index in [0.717, 1.165) is 0 Å². The van der Waals surface area contributed by atoms with Crippen LogP contribution < -0.4 is 0 Å². The van der Waals surface area contributed by atoms with E-state index in [0.29, 0.717) is 5.75 Å². The molecular formula is C9H9N3O5S. The van der Waals surface area contributed by atoms with Gasteiger partial charge in [0.05, 0.1) is 5.88 Å². The highest BCUT2D eigenvalue weighted by molar-refractivity contribution is 7.99. The average Bonchev–Trinajstić information content (AvgIpc) is 2.97. The van der Waals surface area contributed by atoms with Crippen LogP contribution in [0.2, 0.25) is 0 Å². The molecule has 1 aromatic heterocycles. The zero-order valence-electron chi connectivity index (χ0n) is 9.03. The van der Waals surface area contributed by atoms with Crippen LogP contribution in [0.3, 0.4) is 0 Å². The molecule has 1 aromatic rings. The highest BCUT2D eigenvalue weighted by Crippen LogP contribution is 2.23. The standard InChI is InChI=1S/C9H9N3O5S/c13-8(5-1-2-7(10-5)12(16)17)11-4-18-3-6(11)9(14)15/h1-2,6,10H,3-4H2,(H,14,15)/t6-/m0/s1. The molecule has 96 valence electrons. The molecule has 0 aromatic carbocycles. The zero-order chi connectivity index (χ0) is 13.3.